The summed E-state index contributed by atoms with van der Waals surface area (Å²) >= 11 is 1.86. The van der Waals surface area contributed by atoms with Crippen LogP contribution < -0.4 is 5.32 Å². The number of thioether (sulfide) groups is 1. The second-order valence-corrected chi connectivity index (χ2v) is 6.13. The van der Waals surface area contributed by atoms with Crippen molar-refractivity contribution >= 4 is 16.9 Å². The SMILES string of the molecule is CC1CN=C(NCC(C)N(C)C2CC2)S1. The topological polar surface area (TPSA) is 27.6 Å². The Morgan fingerprint density at radius 1 is 1.60 bits per heavy atom. The molecule has 0 bridgehead atoms. The number of hydrogen-bond acceptors (Lipinski definition) is 4. The molecule has 1 aliphatic carbocycles. The lowest BCUT2D eigenvalue weighted by atomic mass is 10.3. The normalized spacial score (nSPS) is 28.0. The summed E-state index contributed by atoms with van der Waals surface area (Å²) < 4.78 is 0. The summed E-state index contributed by atoms with van der Waals surface area (Å²) in [5.74, 6) is 0. The van der Waals surface area contributed by atoms with Crippen LogP contribution in [0.3, 0.4) is 0 Å². The molecule has 1 aliphatic heterocycles. The minimum absolute atomic E-state index is 0.608. The molecular formula is C11H21N3S. The first kappa shape index (κ1) is 11.3. The van der Waals surface area contributed by atoms with Crippen molar-refractivity contribution in [3.63, 3.8) is 0 Å². The van der Waals surface area contributed by atoms with Crippen LogP contribution in [0.15, 0.2) is 4.99 Å². The highest BCUT2D eigenvalue weighted by Gasteiger charge is 2.29. The van der Waals surface area contributed by atoms with Crippen LogP contribution in [-0.4, -0.2) is 47.5 Å². The predicted octanol–water partition coefficient (Wildman–Crippen LogP) is 1.55. The van der Waals surface area contributed by atoms with Crippen LogP contribution >= 0.6 is 11.8 Å². The molecule has 2 aliphatic rings. The molecule has 0 aromatic carbocycles. The van der Waals surface area contributed by atoms with Gasteiger partial charge in [0.1, 0.15) is 0 Å². The summed E-state index contributed by atoms with van der Waals surface area (Å²) in [5.41, 5.74) is 0. The Morgan fingerprint density at radius 3 is 2.87 bits per heavy atom. The first-order valence-corrected chi connectivity index (χ1v) is 6.71. The van der Waals surface area contributed by atoms with Crippen molar-refractivity contribution in [1.82, 2.24) is 10.2 Å². The van der Waals surface area contributed by atoms with Crippen LogP contribution in [0.2, 0.25) is 0 Å². The summed E-state index contributed by atoms with van der Waals surface area (Å²) in [4.78, 5) is 6.94. The van der Waals surface area contributed by atoms with Crippen LogP contribution in [0, 0.1) is 0 Å². The van der Waals surface area contributed by atoms with Crippen molar-refractivity contribution in [2.75, 3.05) is 20.1 Å². The van der Waals surface area contributed by atoms with Gasteiger partial charge in [0.15, 0.2) is 5.17 Å². The fraction of sp³-hybridized carbons (Fsp3) is 0.909. The summed E-state index contributed by atoms with van der Waals surface area (Å²) in [5, 5.41) is 5.24. The molecule has 0 aromatic heterocycles. The van der Waals surface area contributed by atoms with Crippen molar-refractivity contribution in [3.05, 3.63) is 0 Å². The molecule has 0 saturated heterocycles. The molecule has 0 amide bonds. The monoisotopic (exact) mass is 227 g/mol. The van der Waals surface area contributed by atoms with Crippen LogP contribution in [0.25, 0.3) is 0 Å². The average Bonchev–Trinajstić information content (AvgIpc) is 2.98. The minimum atomic E-state index is 0.608. The van der Waals surface area contributed by atoms with Crippen molar-refractivity contribution in [2.24, 2.45) is 4.99 Å². The molecule has 4 heteroatoms. The maximum Gasteiger partial charge on any atom is 0.156 e. The van der Waals surface area contributed by atoms with Crippen LogP contribution in [0.1, 0.15) is 26.7 Å². The standard InChI is InChI=1S/C11H21N3S/c1-8(14(3)10-4-5-10)6-12-11-13-7-9(2)15-11/h8-10H,4-7H2,1-3H3,(H,12,13). The van der Waals surface area contributed by atoms with E-state index in [4.69, 9.17) is 0 Å². The van der Waals surface area contributed by atoms with Gasteiger partial charge in [-0.2, -0.15) is 0 Å². The van der Waals surface area contributed by atoms with Gasteiger partial charge < -0.3 is 5.32 Å². The van der Waals surface area contributed by atoms with Gasteiger partial charge in [-0.25, -0.2) is 0 Å². The van der Waals surface area contributed by atoms with Gasteiger partial charge in [-0.15, -0.1) is 0 Å². The molecule has 1 saturated carbocycles. The molecule has 15 heavy (non-hydrogen) atoms. The lowest BCUT2D eigenvalue weighted by Gasteiger charge is -2.24. The van der Waals surface area contributed by atoms with E-state index in [1.807, 2.05) is 11.8 Å². The Balaban J connectivity index is 1.68. The highest BCUT2D eigenvalue weighted by Crippen LogP contribution is 2.26. The summed E-state index contributed by atoms with van der Waals surface area (Å²) in [6.07, 6.45) is 2.77. The van der Waals surface area contributed by atoms with E-state index in [-0.39, 0.29) is 0 Å². The number of amidine groups is 1. The van der Waals surface area contributed by atoms with Gasteiger partial charge in [0.25, 0.3) is 0 Å². The molecule has 2 rings (SSSR count). The zero-order chi connectivity index (χ0) is 10.8. The third kappa shape index (κ3) is 3.11. The molecule has 1 fully saturated rings. The van der Waals surface area contributed by atoms with Crippen molar-refractivity contribution in [1.29, 1.82) is 0 Å². The fourth-order valence-electron chi connectivity index (χ4n) is 1.79. The predicted molar refractivity (Wildman–Crippen MR) is 67.6 cm³/mol. The van der Waals surface area contributed by atoms with E-state index in [1.165, 1.54) is 12.8 Å². The van der Waals surface area contributed by atoms with Gasteiger partial charge in [0.05, 0.1) is 6.54 Å². The van der Waals surface area contributed by atoms with Crippen LogP contribution in [0.4, 0.5) is 0 Å². The summed E-state index contributed by atoms with van der Waals surface area (Å²) in [7, 11) is 2.23. The molecule has 1 heterocycles. The number of hydrogen-bond donors (Lipinski definition) is 1. The van der Waals surface area contributed by atoms with E-state index in [0.29, 0.717) is 11.3 Å². The Bertz CT molecular complexity index is 250. The van der Waals surface area contributed by atoms with Gasteiger partial charge in [-0.1, -0.05) is 18.7 Å². The maximum absolute atomic E-state index is 4.46. The highest BCUT2D eigenvalue weighted by molar-refractivity contribution is 8.14. The van der Waals surface area contributed by atoms with Crippen molar-refractivity contribution < 1.29 is 0 Å². The Hall–Kier alpha value is -0.220. The average molecular weight is 227 g/mol. The molecule has 3 nitrogen and oxygen atoms in total. The van der Waals surface area contributed by atoms with E-state index in [2.05, 4.69) is 36.1 Å². The van der Waals surface area contributed by atoms with Crippen molar-refractivity contribution in [2.45, 2.75) is 44.0 Å². The number of nitrogens with zero attached hydrogens (tertiary/aromatic N) is 2. The molecular weight excluding hydrogens is 206 g/mol. The van der Waals surface area contributed by atoms with E-state index in [9.17, 15) is 0 Å². The second kappa shape index (κ2) is 4.74. The van der Waals surface area contributed by atoms with Gasteiger partial charge in [0, 0.05) is 23.9 Å². The maximum atomic E-state index is 4.46. The molecule has 0 spiro atoms. The van der Waals surface area contributed by atoms with Gasteiger partial charge in [-0.3, -0.25) is 9.89 Å². The lowest BCUT2D eigenvalue weighted by molar-refractivity contribution is 0.248. The number of nitrogens with one attached hydrogen (secondary N) is 1. The molecule has 0 aromatic rings. The molecule has 86 valence electrons. The second-order valence-electron chi connectivity index (χ2n) is 4.70. The molecule has 0 radical (unpaired) electrons. The van der Waals surface area contributed by atoms with Crippen molar-refractivity contribution in [3.8, 4) is 0 Å². The zero-order valence-electron chi connectivity index (χ0n) is 9.86. The molecule has 2 unspecified atom stereocenters. The van der Waals surface area contributed by atoms with Crippen LogP contribution in [-0.2, 0) is 0 Å². The lowest BCUT2D eigenvalue weighted by Crippen LogP contribution is -2.40. The Labute approximate surface area is 96.7 Å². The van der Waals surface area contributed by atoms with Gasteiger partial charge in [-0.05, 0) is 26.8 Å². The fourth-order valence-corrected chi connectivity index (χ4v) is 2.64. The summed E-state index contributed by atoms with van der Waals surface area (Å²) in [6.45, 7) is 6.50. The highest BCUT2D eigenvalue weighted by atomic mass is 32.2. The third-order valence-electron chi connectivity index (χ3n) is 3.17. The van der Waals surface area contributed by atoms with E-state index in [0.717, 1.165) is 24.3 Å². The Kier molecular flexibility index (Phi) is 3.57. The molecule has 1 N–H and O–H groups in total. The van der Waals surface area contributed by atoms with E-state index in [1.54, 1.807) is 0 Å². The summed E-state index contributed by atoms with van der Waals surface area (Å²) in [6, 6.07) is 1.45. The van der Waals surface area contributed by atoms with Crippen LogP contribution in [0.5, 0.6) is 0 Å². The largest absolute Gasteiger partial charge is 0.363 e. The zero-order valence-corrected chi connectivity index (χ0v) is 10.7. The minimum Gasteiger partial charge on any atom is -0.363 e. The Morgan fingerprint density at radius 2 is 2.33 bits per heavy atom. The molecule has 2 atom stereocenters. The number of likely N-dealkylation sites (N-methyl/N-ethyl adjacent to an activating group) is 1. The first-order chi connectivity index (χ1) is 7.16. The van der Waals surface area contributed by atoms with Gasteiger partial charge >= 0.3 is 0 Å². The quantitative estimate of drug-likeness (QED) is 0.789. The third-order valence-corrected chi connectivity index (χ3v) is 4.22. The smallest absolute Gasteiger partial charge is 0.156 e. The van der Waals surface area contributed by atoms with E-state index >= 15 is 0 Å². The number of aliphatic imine (C=N–C) groups is 1. The first-order valence-electron chi connectivity index (χ1n) is 5.83. The van der Waals surface area contributed by atoms with Gasteiger partial charge in [0.2, 0.25) is 0 Å². The number of rotatable bonds is 4. The van der Waals surface area contributed by atoms with E-state index < -0.39 is 0 Å².